The van der Waals surface area contributed by atoms with Gasteiger partial charge in [-0.15, -0.1) is 0 Å². The van der Waals surface area contributed by atoms with Gasteiger partial charge in [0.15, 0.2) is 9.84 Å². The molecule has 1 saturated carbocycles. The fraction of sp³-hybridized carbons (Fsp3) is 0.296. The van der Waals surface area contributed by atoms with Gasteiger partial charge in [0.2, 0.25) is 0 Å². The van der Waals surface area contributed by atoms with Crippen LogP contribution in [0.15, 0.2) is 59.5 Å². The van der Waals surface area contributed by atoms with E-state index in [1.807, 2.05) is 31.2 Å². The summed E-state index contributed by atoms with van der Waals surface area (Å²) in [5.74, 6) is 1.15. The van der Waals surface area contributed by atoms with Crippen molar-refractivity contribution in [3.63, 3.8) is 0 Å². The number of aromatic amines is 1. The number of hydrogen-bond acceptors (Lipinski definition) is 5. The molecule has 1 unspecified atom stereocenters. The summed E-state index contributed by atoms with van der Waals surface area (Å²) in [6, 6.07) is 15.9. The third kappa shape index (κ3) is 4.85. The van der Waals surface area contributed by atoms with Crippen LogP contribution in [0.2, 0.25) is 10.0 Å². The minimum Gasteiger partial charge on any atom is -0.493 e. The van der Waals surface area contributed by atoms with Crippen LogP contribution in [0, 0.1) is 5.92 Å². The highest BCUT2D eigenvalue weighted by Gasteiger charge is 2.29. The molecular weight excluding hydrogens is 519 g/mol. The number of para-hydroxylation sites is 1. The van der Waals surface area contributed by atoms with Crippen molar-refractivity contribution in [1.82, 2.24) is 9.97 Å². The smallest absolute Gasteiger partial charge is 0.178 e. The Labute approximate surface area is 220 Å². The molecule has 0 aliphatic heterocycles. The van der Waals surface area contributed by atoms with E-state index in [-0.39, 0.29) is 18.3 Å². The summed E-state index contributed by atoms with van der Waals surface area (Å²) in [5, 5.41) is 11.1. The van der Waals surface area contributed by atoms with Gasteiger partial charge in [0.25, 0.3) is 0 Å². The van der Waals surface area contributed by atoms with Gasteiger partial charge in [0.1, 0.15) is 11.6 Å². The SMILES string of the molecule is CCOc1ccccc1-c1c(Cl)cc2nc(C(CO)c3ccc(S(=O)(=O)CC4CC4)cc3)[nH]c2c1Cl. The molecule has 4 aromatic rings. The summed E-state index contributed by atoms with van der Waals surface area (Å²) in [6.45, 7) is 2.19. The molecular formula is C27H26Cl2N2O4S. The summed E-state index contributed by atoms with van der Waals surface area (Å²) < 4.78 is 31.0. The average molecular weight is 545 g/mol. The molecule has 1 atom stereocenters. The minimum atomic E-state index is -3.31. The van der Waals surface area contributed by atoms with E-state index in [0.717, 1.165) is 24.0 Å². The normalized spacial score (nSPS) is 14.8. The van der Waals surface area contributed by atoms with Crippen molar-refractivity contribution in [2.24, 2.45) is 5.92 Å². The first-order chi connectivity index (χ1) is 17.3. The lowest BCUT2D eigenvalue weighted by molar-refractivity contribution is 0.277. The number of sulfone groups is 1. The number of H-pyrrole nitrogens is 1. The number of nitrogens with one attached hydrogen (secondary N) is 1. The van der Waals surface area contributed by atoms with Gasteiger partial charge < -0.3 is 14.8 Å². The topological polar surface area (TPSA) is 92.3 Å². The summed E-state index contributed by atoms with van der Waals surface area (Å²) in [5.41, 5.74) is 3.31. The second-order valence-corrected chi connectivity index (χ2v) is 11.8. The van der Waals surface area contributed by atoms with Gasteiger partial charge in [0.05, 0.1) is 50.9 Å². The number of aromatic nitrogens is 2. The standard InChI is InChI=1S/C27H26Cl2N2O4S/c1-2-35-23-6-4-3-5-19(23)24-21(28)13-22-26(25(24)29)31-27(30-22)20(14-32)17-9-11-18(12-10-17)36(33,34)15-16-7-8-16/h3-6,9-13,16,20,32H,2,7-8,14-15H2,1H3,(H,30,31). The Hall–Kier alpha value is -2.58. The summed E-state index contributed by atoms with van der Waals surface area (Å²) >= 11 is 13.5. The monoisotopic (exact) mass is 544 g/mol. The van der Waals surface area contributed by atoms with E-state index in [9.17, 15) is 13.5 Å². The number of nitrogens with zero attached hydrogens (tertiary/aromatic N) is 1. The predicted molar refractivity (Wildman–Crippen MR) is 143 cm³/mol. The maximum Gasteiger partial charge on any atom is 0.178 e. The number of hydrogen-bond donors (Lipinski definition) is 2. The fourth-order valence-electron chi connectivity index (χ4n) is 4.41. The molecule has 0 spiro atoms. The number of benzene rings is 3. The summed E-state index contributed by atoms with van der Waals surface area (Å²) in [6.07, 6.45) is 1.95. The maximum atomic E-state index is 12.6. The first kappa shape index (κ1) is 25.1. The number of ether oxygens (including phenoxy) is 1. The Bertz CT molecular complexity index is 1510. The number of fused-ring (bicyclic) bond motifs is 1. The highest BCUT2D eigenvalue weighted by atomic mass is 35.5. The van der Waals surface area contributed by atoms with Gasteiger partial charge in [0, 0.05) is 11.1 Å². The quantitative estimate of drug-likeness (QED) is 0.260. The van der Waals surface area contributed by atoms with E-state index in [2.05, 4.69) is 9.97 Å². The molecule has 6 nitrogen and oxygen atoms in total. The van der Waals surface area contributed by atoms with Gasteiger partial charge in [-0.3, -0.25) is 0 Å². The van der Waals surface area contributed by atoms with Crippen LogP contribution < -0.4 is 4.74 Å². The number of aliphatic hydroxyl groups excluding tert-OH is 1. The zero-order chi connectivity index (χ0) is 25.4. The highest BCUT2D eigenvalue weighted by molar-refractivity contribution is 7.91. The first-order valence-corrected chi connectivity index (χ1v) is 14.3. The molecule has 5 rings (SSSR count). The highest BCUT2D eigenvalue weighted by Crippen LogP contribution is 2.43. The third-order valence-corrected chi connectivity index (χ3v) is 9.03. The van der Waals surface area contributed by atoms with E-state index in [1.165, 1.54) is 0 Å². The van der Waals surface area contributed by atoms with Crippen LogP contribution in [0.1, 0.15) is 37.1 Å². The molecule has 1 aliphatic carbocycles. The van der Waals surface area contributed by atoms with Crippen LogP contribution in [0.4, 0.5) is 0 Å². The number of rotatable bonds is 9. The third-order valence-electron chi connectivity index (χ3n) is 6.45. The second kappa shape index (κ2) is 10.1. The summed E-state index contributed by atoms with van der Waals surface area (Å²) in [7, 11) is -3.31. The first-order valence-electron chi connectivity index (χ1n) is 11.9. The van der Waals surface area contributed by atoms with Gasteiger partial charge in [-0.1, -0.05) is 53.5 Å². The van der Waals surface area contributed by atoms with Crippen LogP contribution in [-0.4, -0.2) is 42.5 Å². The fourth-order valence-corrected chi connectivity index (χ4v) is 6.81. The lowest BCUT2D eigenvalue weighted by Gasteiger charge is -2.13. The van der Waals surface area contributed by atoms with Crippen molar-refractivity contribution < 1.29 is 18.3 Å². The zero-order valence-corrected chi connectivity index (χ0v) is 22.0. The lowest BCUT2D eigenvalue weighted by atomic mass is 9.99. The molecule has 2 N–H and O–H groups in total. The molecule has 0 amide bonds. The van der Waals surface area contributed by atoms with Gasteiger partial charge in [-0.05, 0) is 55.5 Å². The predicted octanol–water partition coefficient (Wildman–Crippen LogP) is 6.24. The van der Waals surface area contributed by atoms with E-state index in [4.69, 9.17) is 27.9 Å². The van der Waals surface area contributed by atoms with E-state index >= 15 is 0 Å². The van der Waals surface area contributed by atoms with Crippen LogP contribution >= 0.6 is 23.2 Å². The molecule has 9 heteroatoms. The van der Waals surface area contributed by atoms with Crippen molar-refractivity contribution in [2.75, 3.05) is 19.0 Å². The number of aliphatic hydroxyl groups is 1. The average Bonchev–Trinajstić information content (AvgIpc) is 3.56. The Morgan fingerprint density at radius 2 is 1.86 bits per heavy atom. The molecule has 1 aliphatic rings. The second-order valence-electron chi connectivity index (χ2n) is 9.02. The molecule has 0 radical (unpaired) electrons. The van der Waals surface area contributed by atoms with Crippen LogP contribution in [0.5, 0.6) is 5.75 Å². The van der Waals surface area contributed by atoms with Crippen LogP contribution in [0.3, 0.4) is 0 Å². The molecule has 1 heterocycles. The van der Waals surface area contributed by atoms with Crippen molar-refractivity contribution in [3.8, 4) is 16.9 Å². The number of halogens is 2. The van der Waals surface area contributed by atoms with Crippen LogP contribution in [-0.2, 0) is 9.84 Å². The van der Waals surface area contributed by atoms with Crippen molar-refractivity contribution >= 4 is 44.1 Å². The minimum absolute atomic E-state index is 0.188. The van der Waals surface area contributed by atoms with Crippen LogP contribution in [0.25, 0.3) is 22.2 Å². The van der Waals surface area contributed by atoms with E-state index in [0.29, 0.717) is 49.7 Å². The van der Waals surface area contributed by atoms with Gasteiger partial charge in [-0.2, -0.15) is 0 Å². The molecule has 0 bridgehead atoms. The Morgan fingerprint density at radius 1 is 1.14 bits per heavy atom. The Kier molecular flexibility index (Phi) is 7.01. The molecule has 188 valence electrons. The molecule has 36 heavy (non-hydrogen) atoms. The molecule has 3 aromatic carbocycles. The molecule has 1 aromatic heterocycles. The number of imidazole rings is 1. The van der Waals surface area contributed by atoms with Crippen molar-refractivity contribution in [2.45, 2.75) is 30.6 Å². The van der Waals surface area contributed by atoms with Crippen molar-refractivity contribution in [1.29, 1.82) is 0 Å². The zero-order valence-electron chi connectivity index (χ0n) is 19.7. The van der Waals surface area contributed by atoms with Crippen molar-refractivity contribution in [3.05, 3.63) is 76.0 Å². The molecule has 1 fully saturated rings. The largest absolute Gasteiger partial charge is 0.493 e. The van der Waals surface area contributed by atoms with Gasteiger partial charge >= 0.3 is 0 Å². The Balaban J connectivity index is 1.51. The molecule has 0 saturated heterocycles. The van der Waals surface area contributed by atoms with E-state index in [1.54, 1.807) is 30.3 Å². The summed E-state index contributed by atoms with van der Waals surface area (Å²) in [4.78, 5) is 8.22. The maximum absolute atomic E-state index is 12.6. The van der Waals surface area contributed by atoms with Gasteiger partial charge in [-0.25, -0.2) is 13.4 Å². The van der Waals surface area contributed by atoms with E-state index < -0.39 is 15.8 Å². The Morgan fingerprint density at radius 3 is 2.53 bits per heavy atom. The lowest BCUT2D eigenvalue weighted by Crippen LogP contribution is -2.10.